The van der Waals surface area contributed by atoms with Crippen molar-refractivity contribution >= 4 is 22.7 Å². The van der Waals surface area contributed by atoms with Crippen LogP contribution in [0.2, 0.25) is 0 Å². The van der Waals surface area contributed by atoms with Crippen molar-refractivity contribution in [2.45, 2.75) is 31.1 Å². The Morgan fingerprint density at radius 1 is 0.630 bits per heavy atom. The van der Waals surface area contributed by atoms with Gasteiger partial charge in [0.1, 0.15) is 0 Å². The molecule has 1 fully saturated rings. The van der Waals surface area contributed by atoms with Crippen molar-refractivity contribution in [2.75, 3.05) is 0 Å². The number of hydrogen-bond donors (Lipinski definition) is 0. The van der Waals surface area contributed by atoms with Gasteiger partial charge in [-0.15, -0.1) is 22.7 Å². The Hall–Kier alpha value is -2.16. The quantitative estimate of drug-likeness (QED) is 0.328. The second-order valence-electron chi connectivity index (χ2n) is 7.76. The predicted molar refractivity (Wildman–Crippen MR) is 118 cm³/mol. The third-order valence-corrected chi connectivity index (χ3v) is 8.27. The first-order valence-electron chi connectivity index (χ1n) is 9.72. The average molecular weight is 385 g/mol. The van der Waals surface area contributed by atoms with E-state index in [-0.39, 0.29) is 5.41 Å². The molecule has 2 aromatic carbocycles. The fraction of sp³-hybridized carbons (Fsp3) is 0.200. The molecule has 2 heteroatoms. The topological polar surface area (TPSA) is 0 Å². The lowest BCUT2D eigenvalue weighted by molar-refractivity contribution is 0.550. The minimum absolute atomic E-state index is 0.227. The molecular formula is C25H20S2. The molecule has 0 nitrogen and oxygen atoms in total. The zero-order chi connectivity index (χ0) is 17.8. The lowest BCUT2D eigenvalue weighted by Gasteiger charge is -2.27. The highest BCUT2D eigenvalue weighted by Gasteiger charge is 2.45. The number of thiophene rings is 2. The monoisotopic (exact) mass is 384 g/mol. The molecular weight excluding hydrogens is 364 g/mol. The summed E-state index contributed by atoms with van der Waals surface area (Å²) in [6.45, 7) is 0. The van der Waals surface area contributed by atoms with E-state index in [0.717, 1.165) is 0 Å². The van der Waals surface area contributed by atoms with Gasteiger partial charge in [0.25, 0.3) is 0 Å². The Morgan fingerprint density at radius 2 is 1.15 bits per heavy atom. The minimum Gasteiger partial charge on any atom is -0.144 e. The molecule has 0 radical (unpaired) electrons. The summed E-state index contributed by atoms with van der Waals surface area (Å²) in [7, 11) is 0. The van der Waals surface area contributed by atoms with E-state index in [9.17, 15) is 0 Å². The summed E-state index contributed by atoms with van der Waals surface area (Å²) in [5, 5.41) is 4.35. The highest BCUT2D eigenvalue weighted by molar-refractivity contribution is 7.13. The normalized spacial score (nSPS) is 16.6. The molecule has 2 aromatic heterocycles. The van der Waals surface area contributed by atoms with Crippen LogP contribution in [0.15, 0.2) is 71.4 Å². The van der Waals surface area contributed by atoms with Crippen LogP contribution in [0.25, 0.3) is 32.0 Å². The summed E-state index contributed by atoms with van der Waals surface area (Å²) in [5.41, 5.74) is 9.05. The molecule has 0 atom stereocenters. The summed E-state index contributed by atoms with van der Waals surface area (Å²) in [5.74, 6) is 0. The molecule has 0 aliphatic heterocycles. The van der Waals surface area contributed by atoms with Gasteiger partial charge in [-0.3, -0.25) is 0 Å². The largest absolute Gasteiger partial charge is 0.144 e. The van der Waals surface area contributed by atoms with Crippen molar-refractivity contribution in [3.8, 4) is 32.0 Å². The number of hydrogen-bond acceptors (Lipinski definition) is 2. The maximum atomic E-state index is 2.50. The van der Waals surface area contributed by atoms with Crippen molar-refractivity contribution in [1.82, 2.24) is 0 Å². The van der Waals surface area contributed by atoms with Crippen LogP contribution < -0.4 is 0 Å². The van der Waals surface area contributed by atoms with Gasteiger partial charge in [0, 0.05) is 15.2 Å². The van der Waals surface area contributed by atoms with Crippen molar-refractivity contribution in [2.24, 2.45) is 0 Å². The molecule has 27 heavy (non-hydrogen) atoms. The van der Waals surface area contributed by atoms with Crippen LogP contribution >= 0.6 is 22.7 Å². The maximum Gasteiger partial charge on any atom is 0.0342 e. The van der Waals surface area contributed by atoms with Crippen molar-refractivity contribution < 1.29 is 0 Å². The summed E-state index contributed by atoms with van der Waals surface area (Å²) >= 11 is 3.68. The van der Waals surface area contributed by atoms with E-state index < -0.39 is 0 Å². The zero-order valence-electron chi connectivity index (χ0n) is 15.1. The van der Waals surface area contributed by atoms with Crippen LogP contribution in [0.1, 0.15) is 36.8 Å². The van der Waals surface area contributed by atoms with Gasteiger partial charge in [-0.2, -0.15) is 0 Å². The van der Waals surface area contributed by atoms with Gasteiger partial charge in [0.05, 0.1) is 0 Å². The van der Waals surface area contributed by atoms with Gasteiger partial charge in [-0.05, 0) is 81.2 Å². The molecule has 2 heterocycles. The first-order chi connectivity index (χ1) is 13.4. The van der Waals surface area contributed by atoms with Gasteiger partial charge < -0.3 is 0 Å². The summed E-state index contributed by atoms with van der Waals surface area (Å²) in [6, 6.07) is 23.2. The number of benzene rings is 2. The Morgan fingerprint density at radius 3 is 1.59 bits per heavy atom. The molecule has 4 aromatic rings. The van der Waals surface area contributed by atoms with Crippen LogP contribution in [0.3, 0.4) is 0 Å². The van der Waals surface area contributed by atoms with Crippen LogP contribution in [0.4, 0.5) is 0 Å². The molecule has 0 unspecified atom stereocenters. The molecule has 1 saturated carbocycles. The van der Waals surface area contributed by atoms with Crippen molar-refractivity contribution in [3.63, 3.8) is 0 Å². The molecule has 0 amide bonds. The van der Waals surface area contributed by atoms with Gasteiger partial charge >= 0.3 is 0 Å². The molecule has 2 aliphatic carbocycles. The van der Waals surface area contributed by atoms with Gasteiger partial charge in [-0.25, -0.2) is 0 Å². The van der Waals surface area contributed by atoms with Crippen LogP contribution in [0, 0.1) is 0 Å². The highest BCUT2D eigenvalue weighted by atomic mass is 32.1. The minimum atomic E-state index is 0.227. The summed E-state index contributed by atoms with van der Waals surface area (Å²) in [4.78, 5) is 2.75. The van der Waals surface area contributed by atoms with E-state index in [1.54, 1.807) is 11.1 Å². The van der Waals surface area contributed by atoms with Gasteiger partial charge in [-0.1, -0.05) is 49.2 Å². The Labute approximate surface area is 168 Å². The van der Waals surface area contributed by atoms with Crippen LogP contribution in [-0.4, -0.2) is 0 Å². The lowest BCUT2D eigenvalue weighted by atomic mass is 9.76. The number of rotatable bonds is 2. The molecule has 6 rings (SSSR count). The molecule has 1 spiro atoms. The fourth-order valence-corrected chi connectivity index (χ4v) is 6.65. The fourth-order valence-electron chi connectivity index (χ4n) is 5.20. The van der Waals surface area contributed by atoms with Crippen molar-refractivity contribution in [3.05, 3.63) is 82.6 Å². The third-order valence-electron chi connectivity index (χ3n) is 6.43. The highest BCUT2D eigenvalue weighted by Crippen LogP contribution is 2.58. The smallest absolute Gasteiger partial charge is 0.0342 e. The van der Waals surface area contributed by atoms with Crippen LogP contribution in [0.5, 0.6) is 0 Å². The van der Waals surface area contributed by atoms with E-state index in [2.05, 4.69) is 71.4 Å². The Balaban J connectivity index is 1.57. The second kappa shape index (κ2) is 5.92. The lowest BCUT2D eigenvalue weighted by Crippen LogP contribution is -2.20. The average Bonchev–Trinajstić information content (AvgIpc) is 3.52. The molecule has 2 aliphatic rings. The van der Waals surface area contributed by atoms with Gasteiger partial charge in [0.2, 0.25) is 0 Å². The predicted octanol–water partition coefficient (Wildman–Crippen LogP) is 7.98. The molecule has 0 bridgehead atoms. The van der Waals surface area contributed by atoms with E-state index in [4.69, 9.17) is 0 Å². The molecule has 132 valence electrons. The van der Waals surface area contributed by atoms with Crippen LogP contribution in [-0.2, 0) is 5.41 Å². The van der Waals surface area contributed by atoms with E-state index in [1.807, 2.05) is 22.7 Å². The molecule has 0 saturated heterocycles. The Kier molecular flexibility index (Phi) is 3.48. The Bertz CT molecular complexity index is 1030. The maximum absolute atomic E-state index is 2.50. The SMILES string of the molecule is c1csc(-c2ccc3c(c2)C2(CCCC2)c2cc(-c4cccs4)ccc2-3)c1. The summed E-state index contributed by atoms with van der Waals surface area (Å²) < 4.78 is 0. The second-order valence-corrected chi connectivity index (χ2v) is 9.66. The standard InChI is InChI=1S/C25H20S2/c1-2-12-25(11-1)21-15-17(23-5-3-13-26-23)7-9-19(21)20-10-8-18(16-22(20)25)24-6-4-14-27-24/h3-10,13-16H,1-2,11-12H2. The van der Waals surface area contributed by atoms with E-state index in [0.29, 0.717) is 0 Å². The summed E-state index contributed by atoms with van der Waals surface area (Å²) in [6.07, 6.45) is 5.25. The molecule has 0 N–H and O–H groups in total. The number of fused-ring (bicyclic) bond motifs is 5. The van der Waals surface area contributed by atoms with E-state index >= 15 is 0 Å². The first-order valence-corrected chi connectivity index (χ1v) is 11.5. The third kappa shape index (κ3) is 2.27. The first kappa shape index (κ1) is 15.9. The zero-order valence-corrected chi connectivity index (χ0v) is 16.7. The van der Waals surface area contributed by atoms with E-state index in [1.165, 1.54) is 57.7 Å². The van der Waals surface area contributed by atoms with Gasteiger partial charge in [0.15, 0.2) is 0 Å². The van der Waals surface area contributed by atoms with Crippen molar-refractivity contribution in [1.29, 1.82) is 0 Å².